The van der Waals surface area contributed by atoms with Crippen LogP contribution in [0.3, 0.4) is 0 Å². The molecule has 0 aromatic heterocycles. The van der Waals surface area contributed by atoms with Crippen molar-refractivity contribution in [3.05, 3.63) is 93.6 Å². The molecule has 0 unspecified atom stereocenters. The minimum atomic E-state index is 0.0914. The maximum atomic E-state index is 12.9. The lowest BCUT2D eigenvalue weighted by Crippen LogP contribution is -2.26. The van der Waals surface area contributed by atoms with Crippen molar-refractivity contribution in [3.63, 3.8) is 0 Å². The molecule has 1 fully saturated rings. The molecule has 0 radical (unpaired) electrons. The van der Waals surface area contributed by atoms with Crippen LogP contribution in [0.1, 0.15) is 105 Å². The van der Waals surface area contributed by atoms with E-state index in [2.05, 4.69) is 83.2 Å². The van der Waals surface area contributed by atoms with E-state index in [-0.39, 0.29) is 11.9 Å². The van der Waals surface area contributed by atoms with Crippen LogP contribution in [0.15, 0.2) is 60.2 Å². The molecule has 1 heterocycles. The van der Waals surface area contributed by atoms with Crippen LogP contribution in [0.2, 0.25) is 0 Å². The molecule has 0 bridgehead atoms. The topological polar surface area (TPSA) is 59.3 Å². The van der Waals surface area contributed by atoms with Crippen LogP contribution in [0.25, 0.3) is 17.2 Å². The summed E-state index contributed by atoms with van der Waals surface area (Å²) >= 11 is 0. The second-order valence-electron chi connectivity index (χ2n) is 11.8. The Bertz CT molecular complexity index is 1470. The molecule has 4 heteroatoms. The summed E-state index contributed by atoms with van der Waals surface area (Å²) in [6.45, 7) is 12.3. The van der Waals surface area contributed by atoms with Crippen LogP contribution in [0.5, 0.6) is 5.75 Å². The Morgan fingerprint density at radius 1 is 1.00 bits per heavy atom. The third-order valence-corrected chi connectivity index (χ3v) is 8.85. The summed E-state index contributed by atoms with van der Waals surface area (Å²) in [5.41, 5.74) is 9.86. The Balaban J connectivity index is 1.56. The Kier molecular flexibility index (Phi) is 11.8. The molecule has 43 heavy (non-hydrogen) atoms. The van der Waals surface area contributed by atoms with E-state index < -0.39 is 0 Å². The highest BCUT2D eigenvalue weighted by Crippen LogP contribution is 2.33. The number of hydrogen-bond donors (Lipinski definition) is 0. The number of ether oxygens (including phenoxy) is 2. The molecule has 4 nitrogen and oxygen atoms in total. The number of hydrogen-bond acceptors (Lipinski definition) is 4. The van der Waals surface area contributed by atoms with Crippen molar-refractivity contribution < 1.29 is 14.3 Å². The molecule has 0 atom stereocenters. The van der Waals surface area contributed by atoms with Gasteiger partial charge < -0.3 is 9.47 Å². The summed E-state index contributed by atoms with van der Waals surface area (Å²) in [5, 5.41) is 9.93. The molecule has 1 aliphatic rings. The maximum Gasteiger partial charge on any atom is 0.163 e. The van der Waals surface area contributed by atoms with E-state index in [9.17, 15) is 10.1 Å². The van der Waals surface area contributed by atoms with E-state index >= 15 is 0 Å². The first-order valence-electron chi connectivity index (χ1n) is 16.1. The fourth-order valence-electron chi connectivity index (χ4n) is 6.14. The van der Waals surface area contributed by atoms with Crippen molar-refractivity contribution in [2.45, 2.75) is 92.1 Å². The minimum Gasteiger partial charge on any atom is -0.489 e. The van der Waals surface area contributed by atoms with Gasteiger partial charge in [0.05, 0.1) is 18.8 Å². The van der Waals surface area contributed by atoms with Crippen LogP contribution in [-0.2, 0) is 24.0 Å². The lowest BCUT2D eigenvalue weighted by atomic mass is 9.89. The predicted octanol–water partition coefficient (Wildman–Crippen LogP) is 9.56. The molecule has 1 saturated heterocycles. The molecule has 3 aromatic rings. The second kappa shape index (κ2) is 15.7. The highest BCUT2D eigenvalue weighted by atomic mass is 16.5. The largest absolute Gasteiger partial charge is 0.489 e. The predicted molar refractivity (Wildman–Crippen MR) is 177 cm³/mol. The van der Waals surface area contributed by atoms with Crippen LogP contribution in [-0.4, -0.2) is 25.1 Å². The van der Waals surface area contributed by atoms with Gasteiger partial charge in [0.25, 0.3) is 0 Å². The highest BCUT2D eigenvalue weighted by Gasteiger charge is 2.18. The molecule has 0 spiro atoms. The summed E-state index contributed by atoms with van der Waals surface area (Å²) in [4.78, 5) is 12.9. The number of carbonyl (C=O) groups excluding carboxylic acids is 1. The van der Waals surface area contributed by atoms with Crippen molar-refractivity contribution >= 4 is 11.9 Å². The summed E-state index contributed by atoms with van der Waals surface area (Å²) in [6.07, 6.45) is 9.42. The van der Waals surface area contributed by atoms with Crippen LogP contribution < -0.4 is 4.74 Å². The number of carbonyl (C=O) groups is 1. The summed E-state index contributed by atoms with van der Waals surface area (Å²) in [5.74, 6) is 1.37. The van der Waals surface area contributed by atoms with Gasteiger partial charge in [0.1, 0.15) is 17.9 Å². The highest BCUT2D eigenvalue weighted by molar-refractivity contribution is 5.96. The number of ketones is 1. The van der Waals surface area contributed by atoms with Gasteiger partial charge >= 0.3 is 0 Å². The van der Waals surface area contributed by atoms with Gasteiger partial charge in [-0.3, -0.25) is 4.79 Å². The van der Waals surface area contributed by atoms with Gasteiger partial charge in [-0.2, -0.15) is 5.26 Å². The van der Waals surface area contributed by atoms with Crippen molar-refractivity contribution in [1.82, 2.24) is 0 Å². The van der Waals surface area contributed by atoms with Gasteiger partial charge in [-0.15, -0.1) is 0 Å². The number of aryl methyl sites for hydroxylation is 1. The van der Waals surface area contributed by atoms with E-state index in [0.717, 1.165) is 61.6 Å². The minimum absolute atomic E-state index is 0.0914. The molecule has 3 aromatic carbocycles. The van der Waals surface area contributed by atoms with Crippen molar-refractivity contribution in [1.29, 1.82) is 5.26 Å². The molecule has 0 N–H and O–H groups in total. The molecule has 4 rings (SSSR count). The Hall–Kier alpha value is -3.68. The van der Waals surface area contributed by atoms with Gasteiger partial charge in [-0.05, 0) is 83.7 Å². The molecule has 0 aliphatic carbocycles. The number of rotatable bonds is 13. The monoisotopic (exact) mass is 577 g/mol. The fraction of sp³-hybridized carbons (Fsp3) is 0.436. The number of benzene rings is 3. The first kappa shape index (κ1) is 32.2. The molecular formula is C39H47NO3. The second-order valence-corrected chi connectivity index (χ2v) is 11.8. The first-order chi connectivity index (χ1) is 20.9. The first-order valence-corrected chi connectivity index (χ1v) is 16.1. The summed E-state index contributed by atoms with van der Waals surface area (Å²) in [7, 11) is 0. The summed E-state index contributed by atoms with van der Waals surface area (Å²) in [6, 6.07) is 21.1. The van der Waals surface area contributed by atoms with Gasteiger partial charge in [-0.1, -0.05) is 88.6 Å². The van der Waals surface area contributed by atoms with E-state index in [4.69, 9.17) is 9.47 Å². The number of nitrogens with zero attached hydrogens (tertiary/aromatic N) is 1. The van der Waals surface area contributed by atoms with Crippen molar-refractivity contribution in [3.8, 4) is 22.9 Å². The molecule has 1 aliphatic heterocycles. The Morgan fingerprint density at radius 2 is 1.77 bits per heavy atom. The van der Waals surface area contributed by atoms with E-state index in [0.29, 0.717) is 36.9 Å². The van der Waals surface area contributed by atoms with Crippen molar-refractivity contribution in [2.75, 3.05) is 13.2 Å². The Morgan fingerprint density at radius 3 is 2.44 bits per heavy atom. The average molecular weight is 578 g/mol. The molecule has 226 valence electrons. The zero-order valence-corrected chi connectivity index (χ0v) is 26.7. The van der Waals surface area contributed by atoms with Gasteiger partial charge in [0, 0.05) is 24.8 Å². The fourth-order valence-corrected chi connectivity index (χ4v) is 6.14. The zero-order chi connectivity index (χ0) is 30.8. The van der Waals surface area contributed by atoms with Gasteiger partial charge in [-0.25, -0.2) is 0 Å². The molecule has 0 amide bonds. The van der Waals surface area contributed by atoms with Crippen LogP contribution in [0, 0.1) is 17.2 Å². The lowest BCUT2D eigenvalue weighted by Gasteiger charge is -2.24. The van der Waals surface area contributed by atoms with E-state index in [1.165, 1.54) is 27.8 Å². The van der Waals surface area contributed by atoms with E-state index in [1.54, 1.807) is 0 Å². The zero-order valence-electron chi connectivity index (χ0n) is 26.7. The lowest BCUT2D eigenvalue weighted by molar-refractivity contribution is 0.0254. The quantitative estimate of drug-likeness (QED) is 0.190. The molecule has 0 saturated carbocycles. The number of allylic oxidation sites excluding steroid dienone is 1. The number of Topliss-reactive ketones (excluding diaryl/α,β-unsaturated/α-hetero) is 1. The summed E-state index contributed by atoms with van der Waals surface area (Å²) < 4.78 is 11.6. The third-order valence-electron chi connectivity index (χ3n) is 8.85. The molecular weight excluding hydrogens is 530 g/mol. The van der Waals surface area contributed by atoms with Gasteiger partial charge in [0.15, 0.2) is 5.78 Å². The van der Waals surface area contributed by atoms with Gasteiger partial charge in [0.2, 0.25) is 0 Å². The Labute approximate surface area is 258 Å². The SMILES string of the molecule is CCc1cc(C(=O)CC(CC)CC)ccc1C/C(C)=C/c1cccc(-c2ccc(OC3CCOCC3)c(C#N)c2)c1CC. The maximum absolute atomic E-state index is 12.9. The van der Waals surface area contributed by atoms with E-state index in [1.807, 2.05) is 18.2 Å². The average Bonchev–Trinajstić information content (AvgIpc) is 3.04. The van der Waals surface area contributed by atoms with Crippen LogP contribution in [0.4, 0.5) is 0 Å². The third kappa shape index (κ3) is 8.24. The normalized spacial score (nSPS) is 14.1. The number of nitriles is 1. The smallest absolute Gasteiger partial charge is 0.163 e. The standard InChI is InChI=1S/C39H47NO3/c1-6-28(7-2)23-38(41)33-14-13-30(29(8-3)24-33)21-27(5)22-31-11-10-12-37(36(31)9-4)32-15-16-39(34(25-32)26-40)43-35-17-19-42-20-18-35/h10-16,22,24-25,28,35H,6-9,17-21,23H2,1-5H3/b27-22+. The van der Waals surface area contributed by atoms with Crippen molar-refractivity contribution in [2.24, 2.45) is 5.92 Å². The van der Waals surface area contributed by atoms with Crippen LogP contribution >= 0.6 is 0 Å².